The molecule has 0 bridgehead atoms. The Morgan fingerprint density at radius 3 is 2.75 bits per heavy atom. The minimum atomic E-state index is -0.436. The molecule has 0 spiro atoms. The molecule has 1 rings (SSSR count). The zero-order valence-corrected chi connectivity index (χ0v) is 10.8. The summed E-state index contributed by atoms with van der Waals surface area (Å²) in [4.78, 5) is 13.4. The van der Waals surface area contributed by atoms with Gasteiger partial charge in [0.2, 0.25) is 0 Å². The number of hydrogen-bond acceptors (Lipinski definition) is 1. The predicted octanol–water partition coefficient (Wildman–Crippen LogP) is 3.24. The average molecular weight is 286 g/mol. The van der Waals surface area contributed by atoms with E-state index in [1.165, 1.54) is 17.0 Å². The van der Waals surface area contributed by atoms with Crippen molar-refractivity contribution in [3.05, 3.63) is 46.2 Å². The van der Waals surface area contributed by atoms with E-state index in [1.54, 1.807) is 13.1 Å². The summed E-state index contributed by atoms with van der Waals surface area (Å²) in [5, 5.41) is 0. The molecule has 0 saturated heterocycles. The van der Waals surface area contributed by atoms with Gasteiger partial charge in [-0.25, -0.2) is 4.39 Å². The normalized spacial score (nSPS) is 10.0. The Labute approximate surface area is 103 Å². The Bertz CT molecular complexity index is 431. The molecule has 0 aliphatic rings. The molecule has 1 aromatic rings. The van der Waals surface area contributed by atoms with Gasteiger partial charge in [0.15, 0.2) is 0 Å². The van der Waals surface area contributed by atoms with Crippen molar-refractivity contribution in [2.75, 3.05) is 13.6 Å². The number of carbonyl (C=O) groups is 1. The van der Waals surface area contributed by atoms with Crippen LogP contribution in [0.5, 0.6) is 0 Å². The number of amides is 1. The molecule has 0 radical (unpaired) electrons. The first kappa shape index (κ1) is 12.9. The number of likely N-dealkylation sites (N-methyl/N-ethyl adjacent to an activating group) is 1. The number of halogens is 2. The van der Waals surface area contributed by atoms with Gasteiger partial charge in [-0.3, -0.25) is 4.79 Å². The Kier molecular flexibility index (Phi) is 4.24. The van der Waals surface area contributed by atoms with Gasteiger partial charge in [-0.05, 0) is 35.0 Å². The van der Waals surface area contributed by atoms with Gasteiger partial charge in [-0.2, -0.15) is 0 Å². The maximum atomic E-state index is 13.2. The molecule has 86 valence electrons. The maximum absolute atomic E-state index is 13.2. The van der Waals surface area contributed by atoms with E-state index in [9.17, 15) is 9.18 Å². The van der Waals surface area contributed by atoms with Crippen molar-refractivity contribution in [1.82, 2.24) is 4.90 Å². The van der Waals surface area contributed by atoms with E-state index in [1.807, 2.05) is 6.92 Å². The molecular formula is C12H13BrFNO. The highest BCUT2D eigenvalue weighted by Crippen LogP contribution is 2.21. The number of hydrogen-bond donors (Lipinski definition) is 0. The summed E-state index contributed by atoms with van der Waals surface area (Å²) in [6.07, 6.45) is 0. The van der Waals surface area contributed by atoms with Gasteiger partial charge in [-0.1, -0.05) is 18.2 Å². The van der Waals surface area contributed by atoms with Gasteiger partial charge < -0.3 is 4.90 Å². The standard InChI is InChI=1S/C12H13BrFNO/c1-8(2)7-15(3)12(16)9-5-4-6-10(14)11(9)13/h4-6H,1,7H2,2-3H3. The van der Waals surface area contributed by atoms with Crippen LogP contribution in [0, 0.1) is 5.82 Å². The number of benzene rings is 1. The maximum Gasteiger partial charge on any atom is 0.255 e. The van der Waals surface area contributed by atoms with Gasteiger partial charge in [0, 0.05) is 13.6 Å². The molecular weight excluding hydrogens is 273 g/mol. The van der Waals surface area contributed by atoms with Crippen LogP contribution in [0.15, 0.2) is 34.8 Å². The SMILES string of the molecule is C=C(C)CN(C)C(=O)c1cccc(F)c1Br. The second-order valence-electron chi connectivity index (χ2n) is 3.72. The summed E-state index contributed by atoms with van der Waals surface area (Å²) in [6, 6.07) is 4.41. The zero-order chi connectivity index (χ0) is 12.3. The second-order valence-corrected chi connectivity index (χ2v) is 4.51. The van der Waals surface area contributed by atoms with Gasteiger partial charge in [-0.15, -0.1) is 0 Å². The fourth-order valence-electron chi connectivity index (χ4n) is 1.35. The third kappa shape index (κ3) is 2.92. The minimum Gasteiger partial charge on any atom is -0.338 e. The molecule has 16 heavy (non-hydrogen) atoms. The fraction of sp³-hybridized carbons (Fsp3) is 0.250. The first-order valence-corrected chi connectivity index (χ1v) is 5.56. The van der Waals surface area contributed by atoms with E-state index in [-0.39, 0.29) is 10.4 Å². The van der Waals surface area contributed by atoms with Crippen molar-refractivity contribution >= 4 is 21.8 Å². The van der Waals surface area contributed by atoms with E-state index >= 15 is 0 Å². The molecule has 0 aromatic heterocycles. The van der Waals surface area contributed by atoms with Crippen LogP contribution >= 0.6 is 15.9 Å². The van der Waals surface area contributed by atoms with Crippen molar-refractivity contribution in [2.45, 2.75) is 6.92 Å². The Balaban J connectivity index is 2.96. The summed E-state index contributed by atoms with van der Waals surface area (Å²) in [7, 11) is 1.66. The summed E-state index contributed by atoms with van der Waals surface area (Å²) in [5.74, 6) is -0.663. The Morgan fingerprint density at radius 1 is 1.56 bits per heavy atom. The largest absolute Gasteiger partial charge is 0.338 e. The molecule has 0 unspecified atom stereocenters. The monoisotopic (exact) mass is 285 g/mol. The first-order chi connectivity index (χ1) is 7.43. The minimum absolute atomic E-state index is 0.202. The van der Waals surface area contributed by atoms with Crippen molar-refractivity contribution in [2.24, 2.45) is 0 Å². The molecule has 0 aliphatic carbocycles. The molecule has 4 heteroatoms. The van der Waals surface area contributed by atoms with Crippen molar-refractivity contribution < 1.29 is 9.18 Å². The van der Waals surface area contributed by atoms with Crippen LogP contribution < -0.4 is 0 Å². The summed E-state index contributed by atoms with van der Waals surface area (Å²) >= 11 is 3.07. The van der Waals surface area contributed by atoms with Crippen LogP contribution in [0.3, 0.4) is 0 Å². The van der Waals surface area contributed by atoms with Gasteiger partial charge in [0.1, 0.15) is 5.82 Å². The lowest BCUT2D eigenvalue weighted by Gasteiger charge is -2.17. The third-order valence-corrected chi connectivity index (χ3v) is 2.84. The Morgan fingerprint density at radius 2 is 2.19 bits per heavy atom. The summed E-state index contributed by atoms with van der Waals surface area (Å²) in [6.45, 7) is 6.03. The summed E-state index contributed by atoms with van der Waals surface area (Å²) in [5.41, 5.74) is 1.20. The van der Waals surface area contributed by atoms with Crippen molar-refractivity contribution in [3.63, 3.8) is 0 Å². The van der Waals surface area contributed by atoms with E-state index in [2.05, 4.69) is 22.5 Å². The number of carbonyl (C=O) groups excluding carboxylic acids is 1. The highest BCUT2D eigenvalue weighted by molar-refractivity contribution is 9.10. The molecule has 2 nitrogen and oxygen atoms in total. The number of rotatable bonds is 3. The quantitative estimate of drug-likeness (QED) is 0.781. The van der Waals surface area contributed by atoms with Crippen LogP contribution in [0.25, 0.3) is 0 Å². The predicted molar refractivity (Wildman–Crippen MR) is 65.9 cm³/mol. The molecule has 0 atom stereocenters. The topological polar surface area (TPSA) is 20.3 Å². The van der Waals surface area contributed by atoms with Crippen molar-refractivity contribution in [3.8, 4) is 0 Å². The molecule has 1 amide bonds. The Hall–Kier alpha value is -1.16. The van der Waals surface area contributed by atoms with Crippen molar-refractivity contribution in [1.29, 1.82) is 0 Å². The molecule has 0 aliphatic heterocycles. The molecule has 0 fully saturated rings. The van der Waals surface area contributed by atoms with Crippen LogP contribution in [0.4, 0.5) is 4.39 Å². The molecule has 0 saturated carbocycles. The van der Waals surface area contributed by atoms with E-state index in [0.29, 0.717) is 12.1 Å². The van der Waals surface area contributed by atoms with E-state index in [0.717, 1.165) is 5.57 Å². The van der Waals surface area contributed by atoms with Crippen LogP contribution in [-0.2, 0) is 0 Å². The van der Waals surface area contributed by atoms with Crippen LogP contribution in [0.1, 0.15) is 17.3 Å². The summed E-state index contributed by atoms with van der Waals surface area (Å²) < 4.78 is 13.4. The molecule has 1 aromatic carbocycles. The highest BCUT2D eigenvalue weighted by atomic mass is 79.9. The lowest BCUT2D eigenvalue weighted by atomic mass is 10.2. The first-order valence-electron chi connectivity index (χ1n) is 4.77. The average Bonchev–Trinajstić information content (AvgIpc) is 2.20. The van der Waals surface area contributed by atoms with E-state index < -0.39 is 5.82 Å². The molecule has 0 heterocycles. The van der Waals surface area contributed by atoms with Gasteiger partial charge in [0.25, 0.3) is 5.91 Å². The lowest BCUT2D eigenvalue weighted by molar-refractivity contribution is 0.0805. The fourth-order valence-corrected chi connectivity index (χ4v) is 1.79. The second kappa shape index (κ2) is 5.25. The van der Waals surface area contributed by atoms with Gasteiger partial charge >= 0.3 is 0 Å². The number of nitrogens with zero attached hydrogens (tertiary/aromatic N) is 1. The lowest BCUT2D eigenvalue weighted by Crippen LogP contribution is -2.28. The van der Waals surface area contributed by atoms with E-state index in [4.69, 9.17) is 0 Å². The van der Waals surface area contributed by atoms with Gasteiger partial charge in [0.05, 0.1) is 10.0 Å². The highest BCUT2D eigenvalue weighted by Gasteiger charge is 2.16. The zero-order valence-electron chi connectivity index (χ0n) is 9.26. The third-order valence-electron chi connectivity index (χ3n) is 2.04. The van der Waals surface area contributed by atoms with Crippen LogP contribution in [-0.4, -0.2) is 24.4 Å². The van der Waals surface area contributed by atoms with Crippen LogP contribution in [0.2, 0.25) is 0 Å². The molecule has 0 N–H and O–H groups in total. The smallest absolute Gasteiger partial charge is 0.255 e.